The van der Waals surface area contributed by atoms with Gasteiger partial charge in [-0.3, -0.25) is 4.79 Å². The fraction of sp³-hybridized carbons (Fsp3) is 0.333. The van der Waals surface area contributed by atoms with Gasteiger partial charge >= 0.3 is 0 Å². The minimum absolute atomic E-state index is 0.0943. The number of pyridine rings is 1. The molecule has 2 N–H and O–H groups in total. The summed E-state index contributed by atoms with van der Waals surface area (Å²) >= 11 is 0. The molecule has 1 atom stereocenters. The third-order valence-electron chi connectivity index (χ3n) is 6.53. The van der Waals surface area contributed by atoms with Crippen molar-refractivity contribution in [1.29, 1.82) is 0 Å². The molecule has 0 unspecified atom stereocenters. The first-order valence-electron chi connectivity index (χ1n) is 10.9. The molecule has 1 aromatic heterocycles. The molecule has 2 aliphatic rings. The average Bonchev–Trinajstić information content (AvgIpc) is 3.45. The Bertz CT molecular complexity index is 1450. The molecule has 2 aromatic carbocycles. The zero-order valence-corrected chi connectivity index (χ0v) is 19.8. The number of hydrogen-bond donors (Lipinski definition) is 1. The Morgan fingerprint density at radius 3 is 2.68 bits per heavy atom. The van der Waals surface area contributed by atoms with Gasteiger partial charge in [0.15, 0.2) is 9.84 Å². The van der Waals surface area contributed by atoms with Crippen molar-refractivity contribution >= 4 is 32.5 Å². The van der Waals surface area contributed by atoms with Gasteiger partial charge in [-0.2, -0.15) is 0 Å². The quantitative estimate of drug-likeness (QED) is 0.603. The molecule has 0 saturated carbocycles. The summed E-state index contributed by atoms with van der Waals surface area (Å²) in [5, 5.41) is 0.0611. The topological polar surface area (TPSA) is 112 Å². The van der Waals surface area contributed by atoms with Crippen molar-refractivity contribution < 1.29 is 27.1 Å². The maximum absolute atomic E-state index is 15.0. The number of aromatic nitrogens is 1. The van der Waals surface area contributed by atoms with E-state index in [1.807, 2.05) is 0 Å². The van der Waals surface area contributed by atoms with Gasteiger partial charge in [0.1, 0.15) is 24.0 Å². The van der Waals surface area contributed by atoms with Crippen LogP contribution in [0.3, 0.4) is 0 Å². The molecule has 0 fully saturated rings. The average molecular weight is 486 g/mol. The van der Waals surface area contributed by atoms with Crippen molar-refractivity contribution in [1.82, 2.24) is 9.88 Å². The number of hydrogen-bond acceptors (Lipinski definition) is 7. The van der Waals surface area contributed by atoms with Crippen molar-refractivity contribution in [3.63, 3.8) is 0 Å². The molecule has 2 aliphatic heterocycles. The van der Waals surface area contributed by atoms with Gasteiger partial charge in [-0.15, -0.1) is 0 Å². The lowest BCUT2D eigenvalue weighted by Gasteiger charge is -2.24. The van der Waals surface area contributed by atoms with Gasteiger partial charge in [0.25, 0.3) is 5.91 Å². The summed E-state index contributed by atoms with van der Waals surface area (Å²) in [7, 11) is -1.89. The number of halogens is 1. The molecular weight excluding hydrogens is 461 g/mol. The van der Waals surface area contributed by atoms with E-state index in [0.29, 0.717) is 41.2 Å². The number of carbonyl (C=O) groups is 1. The minimum atomic E-state index is -3.47. The number of nitrogens with two attached hydrogens (primary N) is 1. The molecule has 3 heterocycles. The number of benzene rings is 2. The van der Waals surface area contributed by atoms with E-state index in [1.54, 1.807) is 27.0 Å². The Morgan fingerprint density at radius 1 is 1.21 bits per heavy atom. The van der Waals surface area contributed by atoms with Crippen LogP contribution in [0.15, 0.2) is 35.2 Å². The molecule has 178 valence electrons. The van der Waals surface area contributed by atoms with Gasteiger partial charge in [-0.05, 0) is 37.6 Å². The van der Waals surface area contributed by atoms with Crippen LogP contribution in [0.1, 0.15) is 46.9 Å². The summed E-state index contributed by atoms with van der Waals surface area (Å²) in [5.41, 5.74) is 8.49. The second-order valence-electron chi connectivity index (χ2n) is 8.83. The number of nitrogens with zero attached hydrogens (tertiary/aromatic N) is 2. The number of anilines is 1. The summed E-state index contributed by atoms with van der Waals surface area (Å²) in [6.07, 6.45) is 0. The molecule has 34 heavy (non-hydrogen) atoms. The van der Waals surface area contributed by atoms with Gasteiger partial charge < -0.3 is 20.1 Å². The highest BCUT2D eigenvalue weighted by Crippen LogP contribution is 2.39. The van der Waals surface area contributed by atoms with Gasteiger partial charge in [0.05, 0.1) is 40.5 Å². The molecular formula is C24H24FN3O5S. The fourth-order valence-corrected chi connectivity index (χ4v) is 5.50. The lowest BCUT2D eigenvalue weighted by molar-refractivity contribution is 0.0704. The summed E-state index contributed by atoms with van der Waals surface area (Å²) < 4.78 is 51.2. The van der Waals surface area contributed by atoms with E-state index in [0.717, 1.165) is 11.1 Å². The number of fused-ring (bicyclic) bond motifs is 4. The number of ether oxygens (including phenoxy) is 2. The molecule has 0 spiro atoms. The maximum Gasteiger partial charge on any atom is 0.257 e. The van der Waals surface area contributed by atoms with Crippen LogP contribution in [0.4, 0.5) is 10.2 Å². The predicted molar refractivity (Wildman–Crippen MR) is 124 cm³/mol. The summed E-state index contributed by atoms with van der Waals surface area (Å²) in [5.74, 6) is -0.522. The number of rotatable bonds is 4. The van der Waals surface area contributed by atoms with Gasteiger partial charge in [0.2, 0.25) is 0 Å². The lowest BCUT2D eigenvalue weighted by Crippen LogP contribution is -2.32. The van der Waals surface area contributed by atoms with Crippen LogP contribution >= 0.6 is 0 Å². The second-order valence-corrected chi connectivity index (χ2v) is 11.3. The molecule has 5 rings (SSSR count). The molecule has 10 heteroatoms. The van der Waals surface area contributed by atoms with E-state index in [4.69, 9.17) is 15.2 Å². The smallest absolute Gasteiger partial charge is 0.257 e. The molecule has 0 saturated heterocycles. The SMILES string of the molecule is CC(C)S(=O)(=O)c1ccc2c(c1)OC[C@H]2N(C)C(=O)c1cc2c3c(c(N)nc2cc1F)COC3. The first-order chi connectivity index (χ1) is 16.1. The Kier molecular flexibility index (Phi) is 5.25. The highest BCUT2D eigenvalue weighted by molar-refractivity contribution is 7.92. The van der Waals surface area contributed by atoms with Crippen molar-refractivity contribution in [2.45, 2.75) is 43.2 Å². The van der Waals surface area contributed by atoms with Crippen LogP contribution in [0.2, 0.25) is 0 Å². The van der Waals surface area contributed by atoms with E-state index in [9.17, 15) is 17.6 Å². The summed E-state index contributed by atoms with van der Waals surface area (Å²) in [6.45, 7) is 4.01. The number of sulfone groups is 1. The van der Waals surface area contributed by atoms with Crippen molar-refractivity contribution in [3.05, 3.63) is 58.4 Å². The lowest BCUT2D eigenvalue weighted by atomic mass is 10.0. The third-order valence-corrected chi connectivity index (χ3v) is 8.68. The zero-order valence-electron chi connectivity index (χ0n) is 19.0. The molecule has 8 nitrogen and oxygen atoms in total. The van der Waals surface area contributed by atoms with E-state index >= 15 is 0 Å². The van der Waals surface area contributed by atoms with Crippen LogP contribution in [0, 0.1) is 5.82 Å². The monoisotopic (exact) mass is 485 g/mol. The second kappa shape index (κ2) is 7.92. The predicted octanol–water partition coefficient (Wildman–Crippen LogP) is 3.37. The van der Waals surface area contributed by atoms with E-state index < -0.39 is 32.9 Å². The standard InChI is InChI=1S/C24H24FN3O5S/c1-12(2)34(30,31)13-4-5-14-21(11-33-22(14)6-13)28(3)24(29)16-7-15-17-9-32-10-18(17)23(26)27-20(15)8-19(16)25/h4-8,12,21H,9-11H2,1-3H3,(H2,26,27)/t21-/m1/s1. The Balaban J connectivity index is 1.49. The van der Waals surface area contributed by atoms with Crippen LogP contribution in [0.5, 0.6) is 5.75 Å². The van der Waals surface area contributed by atoms with Gasteiger partial charge in [-0.25, -0.2) is 17.8 Å². The van der Waals surface area contributed by atoms with Crippen LogP contribution in [-0.2, 0) is 27.8 Å². The van der Waals surface area contributed by atoms with Crippen molar-refractivity contribution in [3.8, 4) is 5.75 Å². The van der Waals surface area contributed by atoms with Crippen molar-refractivity contribution in [2.24, 2.45) is 0 Å². The minimum Gasteiger partial charge on any atom is -0.491 e. The zero-order chi connectivity index (χ0) is 24.4. The number of nitrogen functional groups attached to an aromatic ring is 1. The highest BCUT2D eigenvalue weighted by atomic mass is 32.2. The van der Waals surface area contributed by atoms with E-state index in [-0.39, 0.29) is 17.1 Å². The van der Waals surface area contributed by atoms with Gasteiger partial charge in [0, 0.05) is 29.6 Å². The largest absolute Gasteiger partial charge is 0.491 e. The normalized spacial score (nSPS) is 17.0. The van der Waals surface area contributed by atoms with E-state index in [2.05, 4.69) is 4.98 Å². The van der Waals surface area contributed by atoms with Crippen LogP contribution < -0.4 is 10.5 Å². The number of amides is 1. The molecule has 1 amide bonds. The fourth-order valence-electron chi connectivity index (χ4n) is 4.43. The van der Waals surface area contributed by atoms with Gasteiger partial charge in [-0.1, -0.05) is 6.07 Å². The first kappa shape index (κ1) is 22.5. The molecule has 3 aromatic rings. The summed E-state index contributed by atoms with van der Waals surface area (Å²) in [4.78, 5) is 19.2. The van der Waals surface area contributed by atoms with Crippen LogP contribution in [-0.4, -0.2) is 43.1 Å². The maximum atomic E-state index is 15.0. The Hall–Kier alpha value is -3.24. The third kappa shape index (κ3) is 3.40. The molecule has 0 aliphatic carbocycles. The van der Waals surface area contributed by atoms with E-state index in [1.165, 1.54) is 29.2 Å². The number of likely N-dealkylation sites (N-methyl/N-ethyl adjacent to an activating group) is 1. The Morgan fingerprint density at radius 2 is 1.94 bits per heavy atom. The molecule has 0 bridgehead atoms. The molecule has 0 radical (unpaired) electrons. The first-order valence-corrected chi connectivity index (χ1v) is 12.4. The summed E-state index contributed by atoms with van der Waals surface area (Å²) in [6, 6.07) is 6.88. The number of carbonyl (C=O) groups excluding carboxylic acids is 1. The Labute approximate surface area is 196 Å². The highest BCUT2D eigenvalue weighted by Gasteiger charge is 2.34. The van der Waals surface area contributed by atoms with Crippen LogP contribution in [0.25, 0.3) is 10.9 Å². The van der Waals surface area contributed by atoms with Crippen molar-refractivity contribution in [2.75, 3.05) is 19.4 Å².